The highest BCUT2D eigenvalue weighted by atomic mass is 79.9. The summed E-state index contributed by atoms with van der Waals surface area (Å²) in [4.78, 5) is 38.2. The molecule has 8 aromatic rings. The predicted octanol–water partition coefficient (Wildman–Crippen LogP) is 8.63. The first kappa shape index (κ1) is 56.4. The molecule has 2 aliphatic heterocycles. The molecule has 0 saturated carbocycles. The summed E-state index contributed by atoms with van der Waals surface area (Å²) in [6.45, 7) is 10.5. The molecular formula is C50H53Br2ClN14O8S2. The van der Waals surface area contributed by atoms with E-state index >= 15 is 0 Å². The summed E-state index contributed by atoms with van der Waals surface area (Å²) in [5, 5.41) is 9.34. The number of fused-ring (bicyclic) bond motifs is 2. The number of rotatable bonds is 12. The molecule has 2 fully saturated rings. The number of nitrogen functional groups attached to an aromatic ring is 1. The van der Waals surface area contributed by atoms with Gasteiger partial charge in [0.15, 0.2) is 19.7 Å². The molecule has 0 spiro atoms. The Morgan fingerprint density at radius 1 is 0.597 bits per heavy atom. The van der Waals surface area contributed by atoms with Crippen LogP contribution < -0.4 is 41.0 Å². The van der Waals surface area contributed by atoms with Gasteiger partial charge in [-0.15, -0.1) is 0 Å². The van der Waals surface area contributed by atoms with Crippen molar-refractivity contribution in [3.05, 3.63) is 111 Å². The minimum Gasteiger partial charge on any atom is -0.495 e. The van der Waals surface area contributed by atoms with E-state index in [1.807, 2.05) is 31.2 Å². The van der Waals surface area contributed by atoms with Gasteiger partial charge >= 0.3 is 0 Å². The van der Waals surface area contributed by atoms with E-state index in [1.54, 1.807) is 44.7 Å². The maximum atomic E-state index is 12.7. The fraction of sp³-hybridized carbons (Fsp3) is 0.280. The highest BCUT2D eigenvalue weighted by molar-refractivity contribution is 9.11. The third kappa shape index (κ3) is 13.7. The number of morpholine rings is 2. The number of methoxy groups -OCH3 is 2. The second-order valence-corrected chi connectivity index (χ2v) is 23.2. The van der Waals surface area contributed by atoms with Crippen LogP contribution in [-0.4, -0.2) is 136 Å². The van der Waals surface area contributed by atoms with E-state index in [2.05, 4.69) is 104 Å². The van der Waals surface area contributed by atoms with Crippen LogP contribution in [0, 0.1) is 13.8 Å². The SMILES string of the molecule is COc1cc(N2CCOCC2)c(C)cc1N.COc1cc(N2CCOCC2)c(C)cc1Nc1ncc(Br)c(Nc2ccc3nccnc3c2S(C)(=O)=O)n1.CS(=O)(=O)c1c(Nc2nc(Cl)ncc2Br)ccc2nccnc12. The van der Waals surface area contributed by atoms with E-state index in [4.69, 9.17) is 36.3 Å². The van der Waals surface area contributed by atoms with Gasteiger partial charge in [0.25, 0.3) is 0 Å². The molecule has 0 radical (unpaired) electrons. The van der Waals surface area contributed by atoms with Crippen LogP contribution in [0.5, 0.6) is 11.5 Å². The smallest absolute Gasteiger partial charge is 0.229 e. The topological polar surface area (TPSA) is 277 Å². The van der Waals surface area contributed by atoms with E-state index in [0.29, 0.717) is 79.3 Å². The first-order chi connectivity index (χ1) is 36.8. The molecule has 0 unspecified atom stereocenters. The third-order valence-electron chi connectivity index (χ3n) is 11.9. The van der Waals surface area contributed by atoms with Gasteiger partial charge in [-0.1, -0.05) is 0 Å². The Morgan fingerprint density at radius 2 is 1.05 bits per heavy atom. The van der Waals surface area contributed by atoms with Crippen LogP contribution in [0.2, 0.25) is 5.28 Å². The van der Waals surface area contributed by atoms with E-state index in [1.165, 1.54) is 42.2 Å². The highest BCUT2D eigenvalue weighted by Crippen LogP contribution is 2.38. The zero-order valence-corrected chi connectivity index (χ0v) is 48.1. The summed E-state index contributed by atoms with van der Waals surface area (Å²) < 4.78 is 72.7. The van der Waals surface area contributed by atoms with Gasteiger partial charge in [-0.3, -0.25) is 19.9 Å². The molecule has 2 saturated heterocycles. The van der Waals surface area contributed by atoms with Crippen LogP contribution in [0.15, 0.2) is 104 Å². The zero-order valence-electron chi connectivity index (χ0n) is 42.5. The Hall–Kier alpha value is -6.81. The largest absolute Gasteiger partial charge is 0.495 e. The summed E-state index contributed by atoms with van der Waals surface area (Å²) >= 11 is 12.5. The van der Waals surface area contributed by atoms with Gasteiger partial charge in [0.05, 0.1) is 83.4 Å². The van der Waals surface area contributed by atoms with Crippen molar-refractivity contribution >= 4 is 137 Å². The molecule has 0 atom stereocenters. The van der Waals surface area contributed by atoms with Crippen molar-refractivity contribution in [2.75, 3.05) is 111 Å². The zero-order chi connectivity index (χ0) is 55.0. The maximum Gasteiger partial charge on any atom is 0.229 e. The predicted molar refractivity (Wildman–Crippen MR) is 306 cm³/mol. The van der Waals surface area contributed by atoms with Crippen molar-refractivity contribution < 1.29 is 35.8 Å². The van der Waals surface area contributed by atoms with Gasteiger partial charge in [-0.05, 0) is 105 Å². The second kappa shape index (κ2) is 24.7. The average Bonchev–Trinajstić information content (AvgIpc) is 3.41. The van der Waals surface area contributed by atoms with E-state index < -0.39 is 19.7 Å². The lowest BCUT2D eigenvalue weighted by atomic mass is 10.1. The molecule has 4 aromatic carbocycles. The minimum atomic E-state index is -3.65. The van der Waals surface area contributed by atoms with Crippen molar-refractivity contribution in [3.8, 4) is 11.5 Å². The maximum absolute atomic E-state index is 12.7. The number of nitrogens with two attached hydrogens (primary N) is 1. The molecule has 27 heteroatoms. The number of sulfone groups is 2. The molecule has 6 heterocycles. The second-order valence-electron chi connectivity index (χ2n) is 17.3. The Balaban J connectivity index is 0.000000170. The number of nitrogens with zero attached hydrogens (tertiary/aromatic N) is 10. The van der Waals surface area contributed by atoms with Crippen LogP contribution >= 0.6 is 43.5 Å². The Kier molecular flexibility index (Phi) is 18.1. The highest BCUT2D eigenvalue weighted by Gasteiger charge is 2.24. The first-order valence-corrected chi connectivity index (χ1v) is 29.2. The number of aryl methyl sites for hydroxylation is 2. The van der Waals surface area contributed by atoms with Crippen LogP contribution in [0.25, 0.3) is 22.1 Å². The van der Waals surface area contributed by atoms with Crippen LogP contribution in [0.3, 0.4) is 0 Å². The number of anilines is 9. The van der Waals surface area contributed by atoms with Gasteiger partial charge < -0.3 is 50.4 Å². The van der Waals surface area contributed by atoms with E-state index in [9.17, 15) is 16.8 Å². The number of ether oxygens (including phenoxy) is 4. The summed E-state index contributed by atoms with van der Waals surface area (Å²) in [5.41, 5.74) is 14.0. The molecule has 4 aromatic heterocycles. The van der Waals surface area contributed by atoms with Crippen molar-refractivity contribution in [2.24, 2.45) is 0 Å². The Bertz CT molecular complexity index is 3690. The lowest BCUT2D eigenvalue weighted by molar-refractivity contribution is 0.122. The monoisotopic (exact) mass is 1230 g/mol. The number of hydrogen-bond donors (Lipinski definition) is 4. The Morgan fingerprint density at radius 3 is 1.55 bits per heavy atom. The molecule has 22 nitrogen and oxygen atoms in total. The molecule has 0 bridgehead atoms. The number of hydrogen-bond acceptors (Lipinski definition) is 22. The number of benzene rings is 4. The quantitative estimate of drug-likeness (QED) is 0.0658. The van der Waals surface area contributed by atoms with Gasteiger partial charge in [0.2, 0.25) is 11.2 Å². The first-order valence-electron chi connectivity index (χ1n) is 23.5. The van der Waals surface area contributed by atoms with Gasteiger partial charge in [0.1, 0.15) is 44.0 Å². The summed E-state index contributed by atoms with van der Waals surface area (Å²) in [6.07, 6.45) is 11.2. The van der Waals surface area contributed by atoms with Gasteiger partial charge in [-0.2, -0.15) is 9.97 Å². The standard InChI is InChI=1S/C25H26BrN7O4S.C13H9BrClN5O2S.C12H18N2O2/c1-15-12-19(21(36-2)13-20(15)33-8-10-37-11-9-33)31-25-29-14-16(26)24(32-25)30-18-5-4-17-22(28-7-6-27-17)23(18)38(3,34)35;1-23(21,22)11-9(3-2-8-10(11)17-5-4-16-8)19-12-7(14)6-18-13(15)20-12;1-9-7-10(13)12(15-2)8-11(9)14-3-5-16-6-4-14/h4-7,12-14H,8-11H2,1-3H3,(H2,29,30,31,32);2-6H,1H3,(H,18,19,20);7-8H,3-6,13H2,1-2H3. The molecule has 10 rings (SSSR count). The van der Waals surface area contributed by atoms with Crippen molar-refractivity contribution in [2.45, 2.75) is 23.6 Å². The van der Waals surface area contributed by atoms with Crippen molar-refractivity contribution in [1.29, 1.82) is 0 Å². The van der Waals surface area contributed by atoms with Crippen LogP contribution in [-0.2, 0) is 29.1 Å². The lowest BCUT2D eigenvalue weighted by Crippen LogP contribution is -2.36. The Labute approximate surface area is 466 Å². The normalized spacial score (nSPS) is 13.7. The lowest BCUT2D eigenvalue weighted by Gasteiger charge is -2.30. The molecule has 77 heavy (non-hydrogen) atoms. The third-order valence-corrected chi connectivity index (χ3v) is 15.6. The molecular weight excluding hydrogens is 1180 g/mol. The summed E-state index contributed by atoms with van der Waals surface area (Å²) in [6, 6.07) is 14.6. The fourth-order valence-electron chi connectivity index (χ4n) is 8.40. The number of nitrogens with one attached hydrogen (secondary N) is 3. The van der Waals surface area contributed by atoms with Crippen LogP contribution in [0.1, 0.15) is 11.1 Å². The number of halogens is 3. The average molecular weight is 1240 g/mol. The molecule has 0 amide bonds. The van der Waals surface area contributed by atoms with Gasteiger partial charge in [-0.25, -0.2) is 26.8 Å². The van der Waals surface area contributed by atoms with Crippen LogP contribution in [0.4, 0.5) is 51.7 Å². The minimum absolute atomic E-state index is 0.0391. The van der Waals surface area contributed by atoms with Crippen molar-refractivity contribution in [1.82, 2.24) is 39.9 Å². The fourth-order valence-corrected chi connectivity index (χ4v) is 11.2. The molecule has 2 aliphatic rings. The van der Waals surface area contributed by atoms with Crippen molar-refractivity contribution in [3.63, 3.8) is 0 Å². The molecule has 404 valence electrons. The van der Waals surface area contributed by atoms with E-state index in [-0.39, 0.29) is 26.1 Å². The summed E-state index contributed by atoms with van der Waals surface area (Å²) in [7, 11) is -3.95. The summed E-state index contributed by atoms with van der Waals surface area (Å²) in [5.74, 6) is 2.40. The van der Waals surface area contributed by atoms with E-state index in [0.717, 1.165) is 68.9 Å². The molecule has 0 aliphatic carbocycles. The molecule has 5 N–H and O–H groups in total. The number of aromatic nitrogens is 8. The van der Waals surface area contributed by atoms with Gasteiger partial charge in [0, 0.05) is 99.4 Å².